The van der Waals surface area contributed by atoms with Gasteiger partial charge in [0, 0.05) is 27.6 Å². The summed E-state index contributed by atoms with van der Waals surface area (Å²) in [5, 5.41) is 21.7. The van der Waals surface area contributed by atoms with Gasteiger partial charge in [0.05, 0.1) is 0 Å². The minimum absolute atomic E-state index is 0.111. The Labute approximate surface area is 114 Å². The van der Waals surface area contributed by atoms with Crippen molar-refractivity contribution in [2.75, 3.05) is 0 Å². The highest BCUT2D eigenvalue weighted by atomic mass is 35.5. The summed E-state index contributed by atoms with van der Waals surface area (Å²) in [5.41, 5.74) is 1.22. The van der Waals surface area contributed by atoms with Crippen molar-refractivity contribution in [1.82, 2.24) is 4.98 Å². The van der Waals surface area contributed by atoms with Crippen LogP contribution in [0.25, 0.3) is 22.0 Å². The molecule has 0 aliphatic heterocycles. The first-order valence-corrected chi connectivity index (χ1v) is 6.09. The van der Waals surface area contributed by atoms with Crippen LogP contribution in [0.5, 0.6) is 11.5 Å². The van der Waals surface area contributed by atoms with Crippen molar-refractivity contribution in [3.05, 3.63) is 53.7 Å². The van der Waals surface area contributed by atoms with Crippen LogP contribution >= 0.6 is 11.6 Å². The van der Waals surface area contributed by atoms with E-state index in [-0.39, 0.29) is 11.5 Å². The summed E-state index contributed by atoms with van der Waals surface area (Å²) in [5.74, 6) is 0.288. The molecule has 0 saturated carbocycles. The van der Waals surface area contributed by atoms with Gasteiger partial charge in [0.25, 0.3) is 0 Å². The second kappa shape index (κ2) is 4.44. The fourth-order valence-corrected chi connectivity index (χ4v) is 2.19. The minimum Gasteiger partial charge on any atom is -0.508 e. The highest BCUT2D eigenvalue weighted by molar-refractivity contribution is 6.31. The van der Waals surface area contributed by atoms with Gasteiger partial charge in [-0.25, -0.2) is 0 Å². The van der Waals surface area contributed by atoms with Crippen LogP contribution in [0.1, 0.15) is 0 Å². The molecule has 1 heterocycles. The van der Waals surface area contributed by atoms with Gasteiger partial charge in [-0.15, -0.1) is 0 Å². The number of fused-ring (bicyclic) bond motifs is 1. The van der Waals surface area contributed by atoms with Crippen molar-refractivity contribution in [2.24, 2.45) is 0 Å². The van der Waals surface area contributed by atoms with Crippen LogP contribution in [0.2, 0.25) is 5.02 Å². The lowest BCUT2D eigenvalue weighted by molar-refractivity contribution is 0.475. The predicted molar refractivity (Wildman–Crippen MR) is 75.5 cm³/mol. The molecule has 0 fully saturated rings. The Morgan fingerprint density at radius 1 is 0.947 bits per heavy atom. The lowest BCUT2D eigenvalue weighted by Crippen LogP contribution is -1.86. The van der Waals surface area contributed by atoms with Crippen LogP contribution in [0.15, 0.2) is 48.7 Å². The maximum absolute atomic E-state index is 10.3. The second-order valence-corrected chi connectivity index (χ2v) is 4.67. The zero-order valence-electron chi connectivity index (χ0n) is 9.84. The van der Waals surface area contributed by atoms with Gasteiger partial charge in [0.2, 0.25) is 0 Å². The van der Waals surface area contributed by atoms with Gasteiger partial charge in [0.1, 0.15) is 17.2 Å². The molecular formula is C15H10ClNO2. The minimum atomic E-state index is 0.111. The topological polar surface area (TPSA) is 53.4 Å². The molecule has 2 aromatic carbocycles. The van der Waals surface area contributed by atoms with Gasteiger partial charge in [-0.3, -0.25) is 4.98 Å². The highest BCUT2D eigenvalue weighted by Crippen LogP contribution is 2.35. The van der Waals surface area contributed by atoms with E-state index in [0.29, 0.717) is 16.1 Å². The number of hydrogen-bond donors (Lipinski definition) is 2. The van der Waals surface area contributed by atoms with Crippen LogP contribution < -0.4 is 0 Å². The summed E-state index contributed by atoms with van der Waals surface area (Å²) in [6.45, 7) is 0. The quantitative estimate of drug-likeness (QED) is 0.704. The maximum Gasteiger partial charge on any atom is 0.149 e. The van der Waals surface area contributed by atoms with Crippen LogP contribution in [0, 0.1) is 0 Å². The first-order valence-electron chi connectivity index (χ1n) is 5.72. The molecule has 3 nitrogen and oxygen atoms in total. The lowest BCUT2D eigenvalue weighted by Gasteiger charge is -2.07. The molecule has 0 atom stereocenters. The Kier molecular flexibility index (Phi) is 2.76. The van der Waals surface area contributed by atoms with Crippen molar-refractivity contribution in [2.45, 2.75) is 0 Å². The number of nitrogens with zero attached hydrogens (tertiary/aromatic N) is 1. The standard InChI is InChI=1S/C15H10ClNO2/c16-11-3-6-13-10(7-11)8-17-14(15(13)19)9-1-4-12(18)5-2-9/h1-8,18-19H. The molecule has 0 unspecified atom stereocenters. The molecular weight excluding hydrogens is 262 g/mol. The molecule has 0 aliphatic rings. The molecule has 3 rings (SSSR count). The first-order chi connectivity index (χ1) is 9.15. The number of aromatic hydroxyl groups is 2. The third-order valence-corrected chi connectivity index (χ3v) is 3.20. The van der Waals surface area contributed by atoms with Crippen molar-refractivity contribution in [1.29, 1.82) is 0 Å². The van der Waals surface area contributed by atoms with Crippen molar-refractivity contribution >= 4 is 22.4 Å². The van der Waals surface area contributed by atoms with E-state index < -0.39 is 0 Å². The average molecular weight is 272 g/mol. The molecule has 3 aromatic rings. The van der Waals surface area contributed by atoms with E-state index in [4.69, 9.17) is 11.6 Å². The highest BCUT2D eigenvalue weighted by Gasteiger charge is 2.10. The smallest absolute Gasteiger partial charge is 0.149 e. The monoisotopic (exact) mass is 271 g/mol. The normalized spacial score (nSPS) is 10.8. The number of benzene rings is 2. The van der Waals surface area contributed by atoms with Gasteiger partial charge in [-0.2, -0.15) is 0 Å². The van der Waals surface area contributed by atoms with Crippen LogP contribution in [0.3, 0.4) is 0 Å². The number of aromatic nitrogens is 1. The first kappa shape index (κ1) is 11.8. The van der Waals surface area contributed by atoms with E-state index in [0.717, 1.165) is 10.9 Å². The van der Waals surface area contributed by atoms with Crippen molar-refractivity contribution < 1.29 is 10.2 Å². The number of pyridine rings is 1. The third kappa shape index (κ3) is 2.09. The number of phenols is 1. The Morgan fingerprint density at radius 2 is 1.68 bits per heavy atom. The van der Waals surface area contributed by atoms with Crippen molar-refractivity contribution in [3.63, 3.8) is 0 Å². The van der Waals surface area contributed by atoms with Gasteiger partial charge >= 0.3 is 0 Å². The van der Waals surface area contributed by atoms with Crippen LogP contribution in [0.4, 0.5) is 0 Å². The summed E-state index contributed by atoms with van der Waals surface area (Å²) >= 11 is 5.91. The summed E-state index contributed by atoms with van der Waals surface area (Å²) in [6.07, 6.45) is 1.67. The fraction of sp³-hybridized carbons (Fsp3) is 0. The summed E-state index contributed by atoms with van der Waals surface area (Å²) in [4.78, 5) is 4.26. The SMILES string of the molecule is Oc1ccc(-c2ncc3cc(Cl)ccc3c2O)cc1. The summed E-state index contributed by atoms with van der Waals surface area (Å²) in [7, 11) is 0. The summed E-state index contributed by atoms with van der Waals surface area (Å²) in [6, 6.07) is 11.8. The Balaban J connectivity index is 2.22. The third-order valence-electron chi connectivity index (χ3n) is 2.97. The second-order valence-electron chi connectivity index (χ2n) is 4.23. The van der Waals surface area contributed by atoms with Crippen LogP contribution in [-0.2, 0) is 0 Å². The largest absolute Gasteiger partial charge is 0.508 e. The molecule has 0 amide bonds. The molecule has 0 spiro atoms. The number of rotatable bonds is 1. The number of halogens is 1. The number of hydrogen-bond acceptors (Lipinski definition) is 3. The Morgan fingerprint density at radius 3 is 2.42 bits per heavy atom. The van der Waals surface area contributed by atoms with E-state index >= 15 is 0 Å². The van der Waals surface area contributed by atoms with E-state index in [1.54, 1.807) is 48.7 Å². The zero-order chi connectivity index (χ0) is 13.4. The van der Waals surface area contributed by atoms with Crippen LogP contribution in [-0.4, -0.2) is 15.2 Å². The Bertz CT molecular complexity index is 754. The fourth-order valence-electron chi connectivity index (χ4n) is 2.01. The molecule has 0 bridgehead atoms. The van der Waals surface area contributed by atoms with E-state index in [2.05, 4.69) is 4.98 Å². The maximum atomic E-state index is 10.3. The molecule has 4 heteroatoms. The van der Waals surface area contributed by atoms with Crippen molar-refractivity contribution in [3.8, 4) is 22.8 Å². The zero-order valence-corrected chi connectivity index (χ0v) is 10.6. The van der Waals surface area contributed by atoms with Gasteiger partial charge in [-0.05, 0) is 42.5 Å². The van der Waals surface area contributed by atoms with Gasteiger partial charge in [0.15, 0.2) is 0 Å². The molecule has 1 aromatic heterocycles. The predicted octanol–water partition coefficient (Wildman–Crippen LogP) is 3.97. The summed E-state index contributed by atoms with van der Waals surface area (Å²) < 4.78 is 0. The van der Waals surface area contributed by atoms with Gasteiger partial charge < -0.3 is 10.2 Å². The van der Waals surface area contributed by atoms with E-state index in [9.17, 15) is 10.2 Å². The molecule has 19 heavy (non-hydrogen) atoms. The molecule has 2 N–H and O–H groups in total. The van der Waals surface area contributed by atoms with E-state index in [1.165, 1.54) is 0 Å². The van der Waals surface area contributed by atoms with E-state index in [1.807, 2.05) is 0 Å². The van der Waals surface area contributed by atoms with Gasteiger partial charge in [-0.1, -0.05) is 11.6 Å². The lowest BCUT2D eigenvalue weighted by atomic mass is 10.1. The number of phenolic OH excluding ortho intramolecular Hbond substituents is 1. The molecule has 94 valence electrons. The molecule has 0 saturated heterocycles. The molecule has 0 radical (unpaired) electrons. The Hall–Kier alpha value is -2.26. The average Bonchev–Trinajstić information content (AvgIpc) is 2.40. The molecule has 0 aliphatic carbocycles.